The number of anilines is 1. The summed E-state index contributed by atoms with van der Waals surface area (Å²) in [6, 6.07) is 2.92. The van der Waals surface area contributed by atoms with Gasteiger partial charge in [0.05, 0.1) is 0 Å². The number of carbonyl (C=O) groups is 1. The summed E-state index contributed by atoms with van der Waals surface area (Å²) < 4.78 is 36.9. The number of thioether (sulfide) groups is 1. The van der Waals surface area contributed by atoms with Gasteiger partial charge in [-0.3, -0.25) is 4.79 Å². The third-order valence-corrected chi connectivity index (χ3v) is 2.94. The molecule has 0 aliphatic heterocycles. The molecule has 1 heterocycles. The number of aliphatic carboxylic acids is 1. The van der Waals surface area contributed by atoms with E-state index in [9.17, 15) is 18.0 Å². The van der Waals surface area contributed by atoms with Gasteiger partial charge in [0.25, 0.3) is 0 Å². The van der Waals surface area contributed by atoms with Gasteiger partial charge in [-0.25, -0.2) is 4.98 Å². The zero-order chi connectivity index (χ0) is 13.1. The van der Waals surface area contributed by atoms with Crippen molar-refractivity contribution in [3.8, 4) is 0 Å². The number of hydrogen-bond acceptors (Lipinski definition) is 4. The Bertz CT molecular complexity index is 394. The van der Waals surface area contributed by atoms with E-state index in [-0.39, 0.29) is 5.82 Å². The lowest BCUT2D eigenvalue weighted by atomic mass is 10.2. The molecule has 0 aliphatic rings. The first-order chi connectivity index (χ1) is 7.80. The molecule has 1 unspecified atom stereocenters. The van der Waals surface area contributed by atoms with E-state index in [1.54, 1.807) is 0 Å². The maximum absolute atomic E-state index is 12.3. The van der Waals surface area contributed by atoms with Crippen LogP contribution in [-0.2, 0) is 4.79 Å². The molecule has 17 heavy (non-hydrogen) atoms. The third kappa shape index (κ3) is 4.14. The summed E-state index contributed by atoms with van der Waals surface area (Å²) in [7, 11) is 0. The Kier molecular flexibility index (Phi) is 4.22. The van der Waals surface area contributed by atoms with E-state index < -0.39 is 23.8 Å². The van der Waals surface area contributed by atoms with Gasteiger partial charge >= 0.3 is 12.1 Å². The predicted molar refractivity (Wildman–Crippen MR) is 56.6 cm³/mol. The standard InChI is InChI=1S/C9H9F3N2O2S/c10-9(11,12)6(8(15)16)4-17-5-1-2-7(13)14-3-5/h1-3,6H,4H2,(H2,13,14)(H,15,16). The monoisotopic (exact) mass is 266 g/mol. The molecule has 0 spiro atoms. The number of nitrogens with zero attached hydrogens (tertiary/aromatic N) is 1. The number of carboxylic acids is 1. The van der Waals surface area contributed by atoms with E-state index in [1.165, 1.54) is 18.3 Å². The fraction of sp³-hybridized carbons (Fsp3) is 0.333. The van der Waals surface area contributed by atoms with Crippen LogP contribution >= 0.6 is 11.8 Å². The Morgan fingerprint density at radius 2 is 2.18 bits per heavy atom. The number of alkyl halides is 3. The second kappa shape index (κ2) is 5.26. The summed E-state index contributed by atoms with van der Waals surface area (Å²) >= 11 is 0.774. The smallest absolute Gasteiger partial charge is 0.403 e. The molecule has 94 valence electrons. The zero-order valence-corrected chi connectivity index (χ0v) is 9.26. The van der Waals surface area contributed by atoms with Gasteiger partial charge in [0.1, 0.15) is 5.82 Å². The first-order valence-corrected chi connectivity index (χ1v) is 5.43. The van der Waals surface area contributed by atoms with Gasteiger partial charge in [-0.2, -0.15) is 13.2 Å². The topological polar surface area (TPSA) is 76.2 Å². The van der Waals surface area contributed by atoms with Crippen molar-refractivity contribution in [3.05, 3.63) is 18.3 Å². The van der Waals surface area contributed by atoms with Crippen LogP contribution in [0.4, 0.5) is 19.0 Å². The first kappa shape index (κ1) is 13.6. The minimum atomic E-state index is -4.75. The average Bonchev–Trinajstić information content (AvgIpc) is 2.18. The third-order valence-electron chi connectivity index (χ3n) is 1.87. The fourth-order valence-corrected chi connectivity index (χ4v) is 1.94. The maximum Gasteiger partial charge on any atom is 0.403 e. The van der Waals surface area contributed by atoms with E-state index in [2.05, 4.69) is 4.98 Å². The molecule has 1 aromatic heterocycles. The first-order valence-electron chi connectivity index (χ1n) is 4.44. The van der Waals surface area contributed by atoms with Gasteiger partial charge < -0.3 is 10.8 Å². The molecule has 0 saturated carbocycles. The average molecular weight is 266 g/mol. The van der Waals surface area contributed by atoms with Crippen molar-refractivity contribution in [2.75, 3.05) is 11.5 Å². The molecule has 1 atom stereocenters. The summed E-state index contributed by atoms with van der Waals surface area (Å²) in [5, 5.41) is 8.46. The molecule has 0 amide bonds. The van der Waals surface area contributed by atoms with Crippen molar-refractivity contribution >= 4 is 23.5 Å². The van der Waals surface area contributed by atoms with E-state index in [0.29, 0.717) is 4.90 Å². The molecule has 1 aromatic rings. The van der Waals surface area contributed by atoms with E-state index >= 15 is 0 Å². The van der Waals surface area contributed by atoms with Crippen LogP contribution in [-0.4, -0.2) is 28.0 Å². The number of carboxylic acid groups (broad SMARTS) is 1. The van der Waals surface area contributed by atoms with Crippen molar-refractivity contribution < 1.29 is 23.1 Å². The molecule has 0 aliphatic carbocycles. The molecule has 8 heteroatoms. The second-order valence-electron chi connectivity index (χ2n) is 3.16. The van der Waals surface area contributed by atoms with E-state index in [1.807, 2.05) is 0 Å². The number of pyridine rings is 1. The Hall–Kier alpha value is -1.44. The number of aromatic nitrogens is 1. The van der Waals surface area contributed by atoms with Crippen molar-refractivity contribution in [1.29, 1.82) is 0 Å². The van der Waals surface area contributed by atoms with Crippen LogP contribution in [0.3, 0.4) is 0 Å². The van der Waals surface area contributed by atoms with Crippen LogP contribution in [0.2, 0.25) is 0 Å². The largest absolute Gasteiger partial charge is 0.481 e. The SMILES string of the molecule is Nc1ccc(SCC(C(=O)O)C(F)(F)F)cn1. The highest BCUT2D eigenvalue weighted by Gasteiger charge is 2.44. The van der Waals surface area contributed by atoms with E-state index in [4.69, 9.17) is 10.8 Å². The molecule has 1 rings (SSSR count). The number of rotatable bonds is 4. The quantitative estimate of drug-likeness (QED) is 0.815. The molecule has 0 saturated heterocycles. The normalized spacial score (nSPS) is 13.4. The molecular weight excluding hydrogens is 257 g/mol. The Morgan fingerprint density at radius 1 is 1.53 bits per heavy atom. The van der Waals surface area contributed by atoms with Crippen molar-refractivity contribution in [2.45, 2.75) is 11.1 Å². The lowest BCUT2D eigenvalue weighted by molar-refractivity contribution is -0.188. The van der Waals surface area contributed by atoms with Gasteiger partial charge in [-0.05, 0) is 12.1 Å². The zero-order valence-electron chi connectivity index (χ0n) is 8.44. The lowest BCUT2D eigenvalue weighted by Crippen LogP contribution is -2.32. The fourth-order valence-electron chi connectivity index (χ4n) is 0.962. The van der Waals surface area contributed by atoms with Gasteiger partial charge in [-0.15, -0.1) is 11.8 Å². The maximum atomic E-state index is 12.3. The number of nitrogen functional groups attached to an aromatic ring is 1. The highest BCUT2D eigenvalue weighted by Crippen LogP contribution is 2.31. The second-order valence-corrected chi connectivity index (χ2v) is 4.26. The van der Waals surface area contributed by atoms with Crippen molar-refractivity contribution in [3.63, 3.8) is 0 Å². The Balaban J connectivity index is 2.65. The molecule has 0 bridgehead atoms. The Morgan fingerprint density at radius 3 is 2.59 bits per heavy atom. The number of hydrogen-bond donors (Lipinski definition) is 2. The minimum Gasteiger partial charge on any atom is -0.481 e. The van der Waals surface area contributed by atoms with Crippen LogP contribution < -0.4 is 5.73 Å². The summed E-state index contributed by atoms with van der Waals surface area (Å²) in [4.78, 5) is 14.6. The molecule has 3 N–H and O–H groups in total. The van der Waals surface area contributed by atoms with Gasteiger partial charge in [-0.1, -0.05) is 0 Å². The van der Waals surface area contributed by atoms with Gasteiger partial charge in [0.2, 0.25) is 0 Å². The molecular formula is C9H9F3N2O2S. The van der Waals surface area contributed by atoms with Crippen LogP contribution in [0.1, 0.15) is 0 Å². The number of halogens is 3. The highest BCUT2D eigenvalue weighted by molar-refractivity contribution is 7.99. The summed E-state index contributed by atoms with van der Waals surface area (Å²) in [5.74, 6) is -4.61. The van der Waals surface area contributed by atoms with Crippen LogP contribution in [0.5, 0.6) is 0 Å². The number of nitrogens with two attached hydrogens (primary N) is 1. The molecule has 0 fully saturated rings. The van der Waals surface area contributed by atoms with Crippen LogP contribution in [0.15, 0.2) is 23.2 Å². The highest BCUT2D eigenvalue weighted by atomic mass is 32.2. The van der Waals surface area contributed by atoms with Crippen molar-refractivity contribution in [1.82, 2.24) is 4.98 Å². The minimum absolute atomic E-state index is 0.250. The lowest BCUT2D eigenvalue weighted by Gasteiger charge is -2.15. The molecule has 0 aromatic carbocycles. The summed E-state index contributed by atoms with van der Waals surface area (Å²) in [6.45, 7) is 0. The van der Waals surface area contributed by atoms with E-state index in [0.717, 1.165) is 11.8 Å². The molecule has 0 radical (unpaired) electrons. The summed E-state index contributed by atoms with van der Waals surface area (Å²) in [5.41, 5.74) is 5.31. The van der Waals surface area contributed by atoms with Crippen LogP contribution in [0.25, 0.3) is 0 Å². The Labute approximate surface area is 99.0 Å². The van der Waals surface area contributed by atoms with Gasteiger partial charge in [0, 0.05) is 16.8 Å². The predicted octanol–water partition coefficient (Wildman–Crippen LogP) is 2.02. The van der Waals surface area contributed by atoms with Crippen molar-refractivity contribution in [2.24, 2.45) is 5.92 Å². The van der Waals surface area contributed by atoms with Crippen LogP contribution in [0, 0.1) is 5.92 Å². The molecule has 4 nitrogen and oxygen atoms in total. The van der Waals surface area contributed by atoms with Gasteiger partial charge in [0.15, 0.2) is 5.92 Å². The summed E-state index contributed by atoms with van der Waals surface area (Å²) in [6.07, 6.45) is -3.45.